The second-order valence-corrected chi connectivity index (χ2v) is 5.02. The third-order valence-electron chi connectivity index (χ3n) is 0.828. The predicted octanol–water partition coefficient (Wildman–Crippen LogP) is 2.70. The first-order chi connectivity index (χ1) is 6.21. The number of hydrogen-bond acceptors (Lipinski definition) is 3. The lowest BCUT2D eigenvalue weighted by atomic mass is 10.7. The zero-order valence-electron chi connectivity index (χ0n) is 6.16. The summed E-state index contributed by atoms with van der Waals surface area (Å²) in [6.45, 7) is 0. The third-order valence-corrected chi connectivity index (χ3v) is 2.99. The largest absolute Gasteiger partial charge is 0.523 e. The van der Waals surface area contributed by atoms with Crippen LogP contribution in [-0.4, -0.2) is 24.1 Å². The van der Waals surface area contributed by atoms with Gasteiger partial charge >= 0.3 is 25.8 Å². The monoisotopic (exact) mass is 344 g/mol. The second kappa shape index (κ2) is 3.93. The molecule has 0 aliphatic heterocycles. The molecule has 0 aliphatic rings. The van der Waals surface area contributed by atoms with Crippen LogP contribution in [0.15, 0.2) is 0 Å². The van der Waals surface area contributed by atoms with Crippen molar-refractivity contribution < 1.29 is 38.9 Å². The van der Waals surface area contributed by atoms with Gasteiger partial charge in [0, 0.05) is 0 Å². The number of rotatable bonds is 3. The fraction of sp³-hybridized carbons (Fsp3) is 1.00. The lowest BCUT2D eigenvalue weighted by Gasteiger charge is -2.22. The van der Waals surface area contributed by atoms with Crippen LogP contribution in [-0.2, 0) is 14.3 Å². The quantitative estimate of drug-likeness (QED) is 0.342. The highest BCUT2D eigenvalue weighted by molar-refractivity contribution is 9.10. The van der Waals surface area contributed by atoms with Crippen LogP contribution in [0.3, 0.4) is 0 Å². The van der Waals surface area contributed by atoms with Gasteiger partial charge in [-0.05, 0) is 27.5 Å². The molecular weight excluding hydrogens is 345 g/mol. The van der Waals surface area contributed by atoms with Crippen molar-refractivity contribution in [3.05, 3.63) is 0 Å². The summed E-state index contributed by atoms with van der Waals surface area (Å²) in [5.74, 6) is 0. The standard InChI is InChI=1S/C3BrClF6O3S/c4-1(6,7)2(5,8)14-15(12,13)3(9,10)11. The molecule has 0 saturated heterocycles. The van der Waals surface area contributed by atoms with Crippen molar-refractivity contribution in [2.45, 2.75) is 15.7 Å². The smallest absolute Gasteiger partial charge is 0.202 e. The summed E-state index contributed by atoms with van der Waals surface area (Å²) in [6, 6.07) is 0. The molecule has 0 heterocycles. The maximum absolute atomic E-state index is 12.5. The molecular formula is C3BrClF6O3S. The van der Waals surface area contributed by atoms with Crippen molar-refractivity contribution >= 4 is 37.6 Å². The number of alkyl halides is 8. The molecule has 0 aromatic carbocycles. The molecule has 0 aliphatic carbocycles. The molecule has 92 valence electrons. The molecule has 1 atom stereocenters. The molecule has 0 bridgehead atoms. The van der Waals surface area contributed by atoms with E-state index in [0.717, 1.165) is 0 Å². The van der Waals surface area contributed by atoms with E-state index in [-0.39, 0.29) is 0 Å². The Kier molecular flexibility index (Phi) is 4.00. The van der Waals surface area contributed by atoms with Crippen molar-refractivity contribution in [1.29, 1.82) is 0 Å². The number of halogens is 8. The Bertz CT molecular complexity index is 331. The van der Waals surface area contributed by atoms with Crippen molar-refractivity contribution in [1.82, 2.24) is 0 Å². The molecule has 0 rings (SSSR count). The molecule has 0 aromatic heterocycles. The van der Waals surface area contributed by atoms with Gasteiger partial charge in [-0.1, -0.05) is 0 Å². The van der Waals surface area contributed by atoms with Crippen molar-refractivity contribution in [3.63, 3.8) is 0 Å². The summed E-state index contributed by atoms with van der Waals surface area (Å²) in [5, 5.41) is -4.87. The van der Waals surface area contributed by atoms with E-state index in [0.29, 0.717) is 0 Å². The maximum Gasteiger partial charge on any atom is 0.523 e. The van der Waals surface area contributed by atoms with Crippen molar-refractivity contribution in [2.24, 2.45) is 0 Å². The Morgan fingerprint density at radius 2 is 1.40 bits per heavy atom. The SMILES string of the molecule is O=S(=O)(OC(F)(Cl)C(F)(F)Br)C(F)(F)F. The van der Waals surface area contributed by atoms with E-state index >= 15 is 0 Å². The molecule has 0 N–H and O–H groups in total. The molecule has 3 nitrogen and oxygen atoms in total. The van der Waals surface area contributed by atoms with Crippen LogP contribution in [0.2, 0.25) is 0 Å². The fourth-order valence-corrected chi connectivity index (χ4v) is 1.14. The Morgan fingerprint density at radius 3 is 1.60 bits per heavy atom. The average Bonchev–Trinajstić information content (AvgIpc) is 1.77. The van der Waals surface area contributed by atoms with Crippen molar-refractivity contribution in [3.8, 4) is 0 Å². The molecule has 12 heteroatoms. The third kappa shape index (κ3) is 3.64. The van der Waals surface area contributed by atoms with Gasteiger partial charge in [0.05, 0.1) is 0 Å². The van der Waals surface area contributed by atoms with Crippen LogP contribution in [0, 0.1) is 0 Å². The van der Waals surface area contributed by atoms with E-state index in [1.54, 1.807) is 0 Å². The minimum absolute atomic E-state index is 1.22. The highest BCUT2D eigenvalue weighted by Gasteiger charge is 2.61. The Labute approximate surface area is 92.6 Å². The summed E-state index contributed by atoms with van der Waals surface area (Å²) < 4.78 is 94.0. The molecule has 0 saturated carbocycles. The first-order valence-electron chi connectivity index (χ1n) is 2.67. The van der Waals surface area contributed by atoms with Crippen LogP contribution in [0.5, 0.6) is 0 Å². The summed E-state index contributed by atoms with van der Waals surface area (Å²) in [5.41, 5.74) is -6.06. The van der Waals surface area contributed by atoms with Gasteiger partial charge in [-0.2, -0.15) is 34.8 Å². The number of hydrogen-bond donors (Lipinski definition) is 0. The Morgan fingerprint density at radius 1 is 1.07 bits per heavy atom. The van der Waals surface area contributed by atoms with E-state index in [1.165, 1.54) is 15.9 Å². The van der Waals surface area contributed by atoms with Gasteiger partial charge in [0.15, 0.2) is 0 Å². The summed E-state index contributed by atoms with van der Waals surface area (Å²) in [6.07, 6.45) is 0. The highest BCUT2D eigenvalue weighted by atomic mass is 79.9. The molecule has 0 spiro atoms. The first-order valence-corrected chi connectivity index (χ1v) is 5.25. The lowest BCUT2D eigenvalue weighted by molar-refractivity contribution is -0.133. The van der Waals surface area contributed by atoms with Gasteiger partial charge in [-0.3, -0.25) is 0 Å². The maximum atomic E-state index is 12.5. The molecule has 0 fully saturated rings. The molecule has 0 aromatic rings. The first kappa shape index (κ1) is 15.3. The van der Waals surface area contributed by atoms with Crippen molar-refractivity contribution in [2.75, 3.05) is 0 Å². The molecule has 0 amide bonds. The van der Waals surface area contributed by atoms with E-state index < -0.39 is 25.8 Å². The minimum Gasteiger partial charge on any atom is -0.202 e. The minimum atomic E-state index is -6.56. The summed E-state index contributed by atoms with van der Waals surface area (Å²) in [4.78, 5) is -4.82. The van der Waals surface area contributed by atoms with Gasteiger partial charge in [0.1, 0.15) is 0 Å². The van der Waals surface area contributed by atoms with Gasteiger partial charge in [0.2, 0.25) is 0 Å². The van der Waals surface area contributed by atoms with E-state index in [4.69, 9.17) is 0 Å². The summed E-state index contributed by atoms with van der Waals surface area (Å²) >= 11 is 5.36. The zero-order chi connectivity index (χ0) is 12.7. The van der Waals surface area contributed by atoms with Crippen LogP contribution < -0.4 is 0 Å². The topological polar surface area (TPSA) is 43.4 Å². The van der Waals surface area contributed by atoms with Crippen LogP contribution in [0.25, 0.3) is 0 Å². The highest BCUT2D eigenvalue weighted by Crippen LogP contribution is 2.45. The van der Waals surface area contributed by atoms with Gasteiger partial charge in [0.25, 0.3) is 0 Å². The second-order valence-electron chi connectivity index (χ2n) is 2.00. The Balaban J connectivity index is 5.08. The van der Waals surface area contributed by atoms with E-state index in [9.17, 15) is 34.8 Å². The van der Waals surface area contributed by atoms with Crippen LogP contribution in [0.1, 0.15) is 0 Å². The summed E-state index contributed by atoms with van der Waals surface area (Å²) in [7, 11) is -6.56. The fourth-order valence-electron chi connectivity index (χ4n) is 0.232. The van der Waals surface area contributed by atoms with Gasteiger partial charge in [-0.15, -0.1) is 0 Å². The van der Waals surface area contributed by atoms with E-state index in [1.807, 2.05) is 0 Å². The van der Waals surface area contributed by atoms with Gasteiger partial charge < -0.3 is 0 Å². The van der Waals surface area contributed by atoms with E-state index in [2.05, 4.69) is 15.8 Å². The van der Waals surface area contributed by atoms with Gasteiger partial charge in [-0.25, -0.2) is 4.18 Å². The molecule has 0 radical (unpaired) electrons. The normalized spacial score (nSPS) is 18.7. The van der Waals surface area contributed by atoms with Crippen LogP contribution in [0.4, 0.5) is 26.3 Å². The average molecular weight is 345 g/mol. The molecule has 1 unspecified atom stereocenters. The Hall–Kier alpha value is 0.260. The lowest BCUT2D eigenvalue weighted by Crippen LogP contribution is -2.42. The van der Waals surface area contributed by atoms with Crippen LogP contribution >= 0.6 is 27.5 Å². The molecule has 15 heavy (non-hydrogen) atoms. The zero-order valence-corrected chi connectivity index (χ0v) is 9.32. The predicted molar refractivity (Wildman–Crippen MR) is 39.6 cm³/mol.